The van der Waals surface area contributed by atoms with E-state index in [1.165, 1.54) is 14.2 Å². The maximum Gasteiger partial charge on any atom is 0.154 e. The lowest BCUT2D eigenvalue weighted by Crippen LogP contribution is -2.07. The normalized spacial score (nSPS) is 11.7. The lowest BCUT2D eigenvalue weighted by atomic mass is 10.3. The number of methoxy groups -OCH3 is 2. The third-order valence-corrected chi connectivity index (χ3v) is 3.84. The Labute approximate surface area is 120 Å². The van der Waals surface area contributed by atoms with Crippen LogP contribution in [0.25, 0.3) is 0 Å². The number of rotatable bonds is 5. The highest BCUT2D eigenvalue weighted by atomic mass is 32.2. The second-order valence-electron chi connectivity index (χ2n) is 3.98. The lowest BCUT2D eigenvalue weighted by Gasteiger charge is -2.13. The third kappa shape index (κ3) is 3.03. The largest absolute Gasteiger partial charge is 0.495 e. The molecule has 2 rings (SSSR count). The molecule has 0 saturated heterocycles. The first-order valence-electron chi connectivity index (χ1n) is 5.90. The maximum atomic E-state index is 12.4. The highest BCUT2D eigenvalue weighted by Gasteiger charge is 2.15. The zero-order chi connectivity index (χ0) is 14.5. The molecule has 0 radical (unpaired) electrons. The molecule has 0 spiro atoms. The van der Waals surface area contributed by atoms with Gasteiger partial charge in [0.05, 0.1) is 19.9 Å². The first-order valence-corrected chi connectivity index (χ1v) is 7.05. The van der Waals surface area contributed by atoms with Crippen molar-refractivity contribution in [3.8, 4) is 11.5 Å². The van der Waals surface area contributed by atoms with E-state index in [2.05, 4.69) is 4.72 Å². The zero-order valence-corrected chi connectivity index (χ0v) is 12.1. The van der Waals surface area contributed by atoms with E-state index in [0.717, 1.165) is 5.69 Å². The molecule has 20 heavy (non-hydrogen) atoms. The minimum absolute atomic E-state index is 0.435. The number of nitrogen functional groups attached to an aromatic ring is 1. The summed E-state index contributed by atoms with van der Waals surface area (Å²) in [5.41, 5.74) is 6.99. The van der Waals surface area contributed by atoms with Gasteiger partial charge in [-0.3, -0.25) is 0 Å². The standard InChI is InChI=1S/C14H16N2O3S/c1-18-12-9-14(13(19-2)8-11(12)15)20(17)16-10-6-4-3-5-7-10/h3-9,16H,15H2,1-2H3. The van der Waals surface area contributed by atoms with Crippen LogP contribution in [0.3, 0.4) is 0 Å². The highest BCUT2D eigenvalue weighted by Crippen LogP contribution is 2.33. The molecule has 0 aliphatic rings. The molecule has 0 amide bonds. The van der Waals surface area contributed by atoms with Crippen LogP contribution in [-0.2, 0) is 11.0 Å². The van der Waals surface area contributed by atoms with Gasteiger partial charge in [-0.25, -0.2) is 4.21 Å². The molecule has 0 fully saturated rings. The summed E-state index contributed by atoms with van der Waals surface area (Å²) >= 11 is 0. The van der Waals surface area contributed by atoms with Crippen LogP contribution in [0.5, 0.6) is 11.5 Å². The molecule has 6 heteroatoms. The number of nitrogens with two attached hydrogens (primary N) is 1. The predicted octanol–water partition coefficient (Wildman–Crippen LogP) is 2.42. The lowest BCUT2D eigenvalue weighted by molar-refractivity contribution is 0.395. The average Bonchev–Trinajstić information content (AvgIpc) is 2.47. The Bertz CT molecular complexity index is 617. The Morgan fingerprint density at radius 1 is 1.05 bits per heavy atom. The van der Waals surface area contributed by atoms with Crippen molar-refractivity contribution < 1.29 is 13.7 Å². The molecule has 0 aliphatic carbocycles. The van der Waals surface area contributed by atoms with Gasteiger partial charge in [-0.2, -0.15) is 0 Å². The van der Waals surface area contributed by atoms with Crippen LogP contribution < -0.4 is 19.9 Å². The number of para-hydroxylation sites is 1. The predicted molar refractivity (Wildman–Crippen MR) is 80.4 cm³/mol. The third-order valence-electron chi connectivity index (χ3n) is 2.70. The van der Waals surface area contributed by atoms with Crippen molar-refractivity contribution in [1.29, 1.82) is 0 Å². The van der Waals surface area contributed by atoms with E-state index >= 15 is 0 Å². The van der Waals surface area contributed by atoms with E-state index in [1.807, 2.05) is 30.3 Å². The molecule has 2 aromatic carbocycles. The number of hydrogen-bond acceptors (Lipinski definition) is 4. The van der Waals surface area contributed by atoms with Gasteiger partial charge in [0.2, 0.25) is 0 Å². The summed E-state index contributed by atoms with van der Waals surface area (Å²) in [6.45, 7) is 0. The fourth-order valence-corrected chi connectivity index (χ4v) is 2.71. The van der Waals surface area contributed by atoms with Crippen LogP contribution in [0, 0.1) is 0 Å². The summed E-state index contributed by atoms with van der Waals surface area (Å²) in [5.74, 6) is 0.911. The number of hydrogen-bond donors (Lipinski definition) is 2. The summed E-state index contributed by atoms with van der Waals surface area (Å²) in [5, 5.41) is 0. The van der Waals surface area contributed by atoms with Crippen LogP contribution in [0.1, 0.15) is 0 Å². The minimum atomic E-state index is -1.48. The highest BCUT2D eigenvalue weighted by molar-refractivity contribution is 7.86. The van der Waals surface area contributed by atoms with Gasteiger partial charge in [0.15, 0.2) is 11.0 Å². The number of anilines is 2. The van der Waals surface area contributed by atoms with Gasteiger partial charge in [-0.15, -0.1) is 0 Å². The average molecular weight is 292 g/mol. The number of ether oxygens (including phenoxy) is 2. The summed E-state index contributed by atoms with van der Waals surface area (Å²) in [7, 11) is 1.54. The molecule has 106 valence electrons. The summed E-state index contributed by atoms with van der Waals surface area (Å²) in [6.07, 6.45) is 0. The Kier molecular flexibility index (Phi) is 4.47. The van der Waals surface area contributed by atoms with E-state index in [4.69, 9.17) is 15.2 Å². The molecule has 0 saturated carbocycles. The SMILES string of the molecule is COc1cc(S(=O)Nc2ccccc2)c(OC)cc1N. The number of nitrogens with one attached hydrogen (secondary N) is 1. The van der Waals surface area contributed by atoms with Crippen LogP contribution in [0.2, 0.25) is 0 Å². The van der Waals surface area contributed by atoms with Gasteiger partial charge in [-0.1, -0.05) is 18.2 Å². The van der Waals surface area contributed by atoms with Crippen molar-refractivity contribution in [3.63, 3.8) is 0 Å². The quantitative estimate of drug-likeness (QED) is 0.830. The molecule has 0 aromatic heterocycles. The molecule has 0 bridgehead atoms. The molecule has 3 N–H and O–H groups in total. The molecule has 1 unspecified atom stereocenters. The van der Waals surface area contributed by atoms with Crippen molar-refractivity contribution >= 4 is 22.4 Å². The summed E-state index contributed by atoms with van der Waals surface area (Å²) in [4.78, 5) is 0.474. The van der Waals surface area contributed by atoms with E-state index in [1.54, 1.807) is 12.1 Å². The van der Waals surface area contributed by atoms with Gasteiger partial charge in [-0.05, 0) is 12.1 Å². The molecular formula is C14H16N2O3S. The molecular weight excluding hydrogens is 276 g/mol. The zero-order valence-electron chi connectivity index (χ0n) is 11.3. The molecule has 2 aromatic rings. The maximum absolute atomic E-state index is 12.4. The molecule has 5 nitrogen and oxygen atoms in total. The molecule has 1 atom stereocenters. The van der Waals surface area contributed by atoms with Gasteiger partial charge < -0.3 is 19.9 Å². The Morgan fingerprint density at radius 2 is 1.70 bits per heavy atom. The Balaban J connectivity index is 2.33. The van der Waals surface area contributed by atoms with Crippen LogP contribution >= 0.6 is 0 Å². The first kappa shape index (κ1) is 14.2. The molecule has 0 heterocycles. The Morgan fingerprint density at radius 3 is 2.30 bits per heavy atom. The van der Waals surface area contributed by atoms with Gasteiger partial charge in [0.25, 0.3) is 0 Å². The van der Waals surface area contributed by atoms with Crippen LogP contribution in [0.4, 0.5) is 11.4 Å². The Hall–Kier alpha value is -2.21. The molecule has 0 aliphatic heterocycles. The van der Waals surface area contributed by atoms with Gasteiger partial charge in [0, 0.05) is 17.8 Å². The number of benzene rings is 2. The van der Waals surface area contributed by atoms with Crippen molar-refractivity contribution in [2.45, 2.75) is 4.90 Å². The van der Waals surface area contributed by atoms with E-state index in [9.17, 15) is 4.21 Å². The van der Waals surface area contributed by atoms with Crippen molar-refractivity contribution in [2.24, 2.45) is 0 Å². The fraction of sp³-hybridized carbons (Fsp3) is 0.143. The van der Waals surface area contributed by atoms with E-state index in [0.29, 0.717) is 22.1 Å². The van der Waals surface area contributed by atoms with Gasteiger partial charge >= 0.3 is 0 Å². The van der Waals surface area contributed by atoms with Gasteiger partial charge in [0.1, 0.15) is 16.4 Å². The topological polar surface area (TPSA) is 73.6 Å². The first-order chi connectivity index (χ1) is 9.65. The van der Waals surface area contributed by atoms with Crippen LogP contribution in [-0.4, -0.2) is 18.4 Å². The van der Waals surface area contributed by atoms with Crippen molar-refractivity contribution in [3.05, 3.63) is 42.5 Å². The smallest absolute Gasteiger partial charge is 0.154 e. The van der Waals surface area contributed by atoms with Crippen molar-refractivity contribution in [1.82, 2.24) is 0 Å². The summed E-state index contributed by atoms with van der Waals surface area (Å²) < 4.78 is 25.7. The van der Waals surface area contributed by atoms with E-state index < -0.39 is 11.0 Å². The van der Waals surface area contributed by atoms with Crippen molar-refractivity contribution in [2.75, 3.05) is 24.7 Å². The fourth-order valence-electron chi connectivity index (χ4n) is 1.71. The van der Waals surface area contributed by atoms with E-state index in [-0.39, 0.29) is 0 Å². The summed E-state index contributed by atoms with van der Waals surface area (Å²) in [6, 6.07) is 12.5. The van der Waals surface area contributed by atoms with Crippen LogP contribution in [0.15, 0.2) is 47.4 Å². The second-order valence-corrected chi connectivity index (χ2v) is 5.16. The minimum Gasteiger partial charge on any atom is -0.495 e. The second kappa shape index (κ2) is 6.29. The monoisotopic (exact) mass is 292 g/mol.